The zero-order valence-corrected chi connectivity index (χ0v) is 38.2. The Hall–Kier alpha value is -4.09. The minimum Gasteiger partial charge on any atom is -0.125 e. The van der Waals surface area contributed by atoms with Crippen LogP contribution in [0.2, 0.25) is 28.7 Å². The Bertz CT molecular complexity index is 2400. The largest absolute Gasteiger partial charge is 0.170 e. The second-order valence-electron chi connectivity index (χ2n) is 17.4. The summed E-state index contributed by atoms with van der Waals surface area (Å²) in [5.74, 6) is 8.00. The molecule has 5 aromatic rings. The fraction of sp³-hybridized carbons (Fsp3) is 0.385. The molecule has 1 atom stereocenters. The summed E-state index contributed by atoms with van der Waals surface area (Å²) >= 11 is 0. The number of aryl methyl sites for hydroxylation is 4. The number of hydrogen-bond acceptors (Lipinski definition) is 0. The Balaban J connectivity index is 2.19. The predicted molar refractivity (Wildman–Crippen MR) is 250 cm³/mol. The molecule has 0 spiro atoms. The van der Waals surface area contributed by atoms with Gasteiger partial charge in [-0.15, -0.1) is 30.8 Å². The zero-order valence-electron chi connectivity index (χ0n) is 36.2. The van der Waals surface area contributed by atoms with Gasteiger partial charge in [0.15, 0.2) is 8.07 Å². The normalized spacial score (nSPS) is 13.1. The molecule has 0 N–H and O–H groups in total. The summed E-state index contributed by atoms with van der Waals surface area (Å²) < 4.78 is 0. The van der Waals surface area contributed by atoms with E-state index in [-0.39, 0.29) is 0 Å². The lowest BCUT2D eigenvalue weighted by molar-refractivity contribution is 0.909. The van der Waals surface area contributed by atoms with Crippen LogP contribution < -0.4 is 0 Å². The molecule has 0 fully saturated rings. The SMILES string of the molecule is C=CC[Si](C#Cc1c2cc3c(C)c(C)c(C)c(C)c3cc2c(C#C[Si](CC=C)(C(C)C)C(C)C)c2cc3c(C)c(C)c(C)c(C)c3cc12)(C(=C)C)C(C)C. The molecule has 54 heavy (non-hydrogen) atoms. The molecule has 1 unspecified atom stereocenters. The molecule has 280 valence electrons. The van der Waals surface area contributed by atoms with Crippen molar-refractivity contribution in [2.24, 2.45) is 0 Å². The number of benzene rings is 5. The van der Waals surface area contributed by atoms with Gasteiger partial charge in [-0.3, -0.25) is 0 Å². The van der Waals surface area contributed by atoms with Crippen molar-refractivity contribution in [2.75, 3.05) is 0 Å². The molecule has 0 amide bonds. The maximum atomic E-state index is 4.56. The standard InChI is InChI=1S/C52H64Si2/c1-19-23-53(31(3)4,32(5)6)25-21-43-49-27-45-39(15)35(11)37(13)41(17)47(45)29-51(49)44(22-26-54(24-20-2,33(7)8)34(9)10)52-30-48-42(18)38(14)36(12)40(16)46(48)28-50(43)52/h19-20,27-30,32-34H,1-3,23-24H2,4-18H3. The van der Waals surface area contributed by atoms with Crippen LogP contribution in [0.5, 0.6) is 0 Å². The predicted octanol–water partition coefficient (Wildman–Crippen LogP) is 15.2. The Morgan fingerprint density at radius 2 is 0.815 bits per heavy atom. The van der Waals surface area contributed by atoms with Gasteiger partial charge in [-0.1, -0.05) is 70.7 Å². The zero-order chi connectivity index (χ0) is 40.2. The monoisotopic (exact) mass is 744 g/mol. The van der Waals surface area contributed by atoms with Crippen LogP contribution in [0.15, 0.2) is 61.4 Å². The smallest absolute Gasteiger partial charge is 0.125 e. The molecule has 5 aromatic carbocycles. The lowest BCUT2D eigenvalue weighted by Gasteiger charge is -2.33. The van der Waals surface area contributed by atoms with Gasteiger partial charge in [-0.25, -0.2) is 0 Å². The first kappa shape index (κ1) is 41.1. The molecule has 0 aliphatic heterocycles. The second kappa shape index (κ2) is 15.2. The molecule has 0 heterocycles. The molecule has 0 saturated heterocycles. The molecular weight excluding hydrogens is 681 g/mol. The number of rotatable bonds is 8. The van der Waals surface area contributed by atoms with Crippen molar-refractivity contribution < 1.29 is 0 Å². The average molecular weight is 745 g/mol. The third-order valence-electron chi connectivity index (χ3n) is 14.0. The summed E-state index contributed by atoms with van der Waals surface area (Å²) in [6, 6.07) is 11.7. The fourth-order valence-corrected chi connectivity index (χ4v) is 16.3. The quantitative estimate of drug-likeness (QED) is 0.0642. The van der Waals surface area contributed by atoms with Crippen molar-refractivity contribution in [3.8, 4) is 22.9 Å². The fourth-order valence-electron chi connectivity index (χ4n) is 9.26. The summed E-state index contributed by atoms with van der Waals surface area (Å²) in [4.78, 5) is 0. The lowest BCUT2D eigenvalue weighted by atomic mass is 9.84. The molecule has 0 nitrogen and oxygen atoms in total. The summed E-state index contributed by atoms with van der Waals surface area (Å²) in [6.45, 7) is 47.6. The van der Waals surface area contributed by atoms with Crippen LogP contribution in [-0.4, -0.2) is 16.1 Å². The first-order valence-electron chi connectivity index (χ1n) is 20.1. The van der Waals surface area contributed by atoms with Gasteiger partial charge >= 0.3 is 0 Å². The lowest BCUT2D eigenvalue weighted by Crippen LogP contribution is -2.39. The van der Waals surface area contributed by atoms with Crippen LogP contribution >= 0.6 is 0 Å². The van der Waals surface area contributed by atoms with Crippen molar-refractivity contribution in [3.05, 3.63) is 117 Å². The van der Waals surface area contributed by atoms with Crippen LogP contribution in [0.3, 0.4) is 0 Å². The first-order chi connectivity index (χ1) is 25.3. The van der Waals surface area contributed by atoms with E-state index in [4.69, 9.17) is 0 Å². The third kappa shape index (κ3) is 6.45. The van der Waals surface area contributed by atoms with Gasteiger partial charge in [0.2, 0.25) is 0 Å². The molecule has 0 aromatic heterocycles. The Morgan fingerprint density at radius 1 is 0.500 bits per heavy atom. The van der Waals surface area contributed by atoms with Crippen LogP contribution in [0.1, 0.15) is 104 Å². The second-order valence-corrected chi connectivity index (χ2v) is 27.0. The highest BCUT2D eigenvalue weighted by atomic mass is 28.3. The minimum atomic E-state index is -2.28. The molecule has 0 aliphatic rings. The van der Waals surface area contributed by atoms with Crippen molar-refractivity contribution in [2.45, 2.75) is 133 Å². The van der Waals surface area contributed by atoms with E-state index < -0.39 is 16.1 Å². The number of hydrogen-bond donors (Lipinski definition) is 0. The van der Waals surface area contributed by atoms with Crippen LogP contribution in [0.25, 0.3) is 43.1 Å². The molecule has 0 aliphatic carbocycles. The van der Waals surface area contributed by atoms with Gasteiger partial charge in [0.05, 0.1) is 0 Å². The van der Waals surface area contributed by atoms with E-state index in [0.29, 0.717) is 16.6 Å². The van der Waals surface area contributed by atoms with Gasteiger partial charge in [-0.05, 0) is 203 Å². The van der Waals surface area contributed by atoms with Crippen molar-refractivity contribution in [3.63, 3.8) is 0 Å². The Morgan fingerprint density at radius 3 is 1.07 bits per heavy atom. The first-order valence-corrected chi connectivity index (χ1v) is 24.7. The summed E-state index contributed by atoms with van der Waals surface area (Å²) in [5.41, 5.74) is 22.6. The van der Waals surface area contributed by atoms with Gasteiger partial charge < -0.3 is 0 Å². The summed E-state index contributed by atoms with van der Waals surface area (Å²) in [7, 11) is -4.38. The van der Waals surface area contributed by atoms with E-state index in [1.165, 1.54) is 92.8 Å². The van der Waals surface area contributed by atoms with Crippen molar-refractivity contribution in [1.29, 1.82) is 0 Å². The highest BCUT2D eigenvalue weighted by Crippen LogP contribution is 2.43. The summed E-state index contributed by atoms with van der Waals surface area (Å²) in [5, 5.41) is 11.3. The Labute approximate surface area is 330 Å². The van der Waals surface area contributed by atoms with E-state index >= 15 is 0 Å². The van der Waals surface area contributed by atoms with Crippen LogP contribution in [-0.2, 0) is 0 Å². The van der Waals surface area contributed by atoms with Crippen LogP contribution in [0, 0.1) is 78.3 Å². The number of allylic oxidation sites excluding steroid dienone is 3. The minimum absolute atomic E-state index is 0.408. The highest BCUT2D eigenvalue weighted by molar-refractivity contribution is 6.94. The van der Waals surface area contributed by atoms with Gasteiger partial charge in [0.1, 0.15) is 8.07 Å². The molecule has 0 radical (unpaired) electrons. The maximum Gasteiger partial charge on any atom is 0.170 e. The van der Waals surface area contributed by atoms with E-state index in [1.807, 2.05) is 0 Å². The van der Waals surface area contributed by atoms with Gasteiger partial charge in [-0.2, -0.15) is 0 Å². The molecule has 2 heteroatoms. The van der Waals surface area contributed by atoms with Gasteiger partial charge in [0.25, 0.3) is 0 Å². The third-order valence-corrected chi connectivity index (χ3v) is 24.6. The summed E-state index contributed by atoms with van der Waals surface area (Å²) in [6.07, 6.45) is 4.20. The molecular formula is C52H64Si2. The van der Waals surface area contributed by atoms with E-state index in [0.717, 1.165) is 23.2 Å². The topological polar surface area (TPSA) is 0 Å². The van der Waals surface area contributed by atoms with Crippen molar-refractivity contribution in [1.82, 2.24) is 0 Å². The number of fused-ring (bicyclic) bond motifs is 4. The molecule has 0 bridgehead atoms. The average Bonchev–Trinajstić information content (AvgIpc) is 3.13. The molecule has 5 rings (SSSR count). The highest BCUT2D eigenvalue weighted by Gasteiger charge is 2.38. The van der Waals surface area contributed by atoms with Crippen LogP contribution in [0.4, 0.5) is 0 Å². The van der Waals surface area contributed by atoms with E-state index in [2.05, 4.69) is 183 Å². The maximum absolute atomic E-state index is 4.56. The van der Waals surface area contributed by atoms with Gasteiger partial charge in [0, 0.05) is 11.1 Å². The van der Waals surface area contributed by atoms with E-state index in [1.54, 1.807) is 0 Å². The van der Waals surface area contributed by atoms with E-state index in [9.17, 15) is 0 Å². The molecule has 0 saturated carbocycles. The van der Waals surface area contributed by atoms with Crippen molar-refractivity contribution >= 4 is 59.2 Å². The Kier molecular flexibility index (Phi) is 11.6.